The van der Waals surface area contributed by atoms with Crippen molar-refractivity contribution < 1.29 is 9.21 Å². The van der Waals surface area contributed by atoms with E-state index in [1.807, 2.05) is 12.1 Å². The van der Waals surface area contributed by atoms with Crippen molar-refractivity contribution in [2.45, 2.75) is 38.5 Å². The normalized spacial score (nSPS) is 17.8. The van der Waals surface area contributed by atoms with Crippen LogP contribution in [0.5, 0.6) is 0 Å². The highest BCUT2D eigenvalue weighted by Crippen LogP contribution is 2.38. The lowest BCUT2D eigenvalue weighted by molar-refractivity contribution is -0.121. The first kappa shape index (κ1) is 13.5. The molecule has 1 heterocycles. The number of hydrogen-bond donors (Lipinski definition) is 1. The molecular formula is C14H20ClNO2. The second kappa shape index (κ2) is 6.28. The van der Waals surface area contributed by atoms with E-state index in [1.165, 1.54) is 12.8 Å². The summed E-state index contributed by atoms with van der Waals surface area (Å²) in [5.74, 6) is 1.59. The van der Waals surface area contributed by atoms with Crippen LogP contribution in [0, 0.1) is 5.41 Å². The van der Waals surface area contributed by atoms with Gasteiger partial charge in [-0.2, -0.15) is 0 Å². The molecule has 0 aromatic carbocycles. The molecule has 1 aliphatic carbocycles. The lowest BCUT2D eigenvalue weighted by Gasteiger charge is -2.26. The molecule has 1 N–H and O–H groups in total. The zero-order valence-electron chi connectivity index (χ0n) is 10.6. The number of hydrogen-bond acceptors (Lipinski definition) is 2. The molecule has 18 heavy (non-hydrogen) atoms. The minimum atomic E-state index is 0.0859. The van der Waals surface area contributed by atoms with Gasteiger partial charge in [0.1, 0.15) is 5.76 Å². The van der Waals surface area contributed by atoms with Crippen molar-refractivity contribution in [3.8, 4) is 0 Å². The molecule has 1 fully saturated rings. The van der Waals surface area contributed by atoms with Gasteiger partial charge < -0.3 is 9.73 Å². The second-order valence-electron chi connectivity index (χ2n) is 5.20. The lowest BCUT2D eigenvalue weighted by Crippen LogP contribution is -2.37. The van der Waals surface area contributed by atoms with Crippen molar-refractivity contribution in [1.82, 2.24) is 5.32 Å². The van der Waals surface area contributed by atoms with Gasteiger partial charge in [0.2, 0.25) is 5.91 Å². The van der Waals surface area contributed by atoms with Crippen molar-refractivity contribution in [1.29, 1.82) is 0 Å². The van der Waals surface area contributed by atoms with E-state index >= 15 is 0 Å². The Morgan fingerprint density at radius 1 is 1.44 bits per heavy atom. The Bertz CT molecular complexity index is 369. The molecule has 1 aromatic heterocycles. The lowest BCUT2D eigenvalue weighted by atomic mass is 9.88. The second-order valence-corrected chi connectivity index (χ2v) is 5.46. The molecule has 0 aliphatic heterocycles. The average Bonchev–Trinajstić information content (AvgIpc) is 3.06. The summed E-state index contributed by atoms with van der Waals surface area (Å²) in [4.78, 5) is 11.8. The van der Waals surface area contributed by atoms with Gasteiger partial charge in [0, 0.05) is 30.7 Å². The fraction of sp³-hybridized carbons (Fsp3) is 0.643. The molecule has 4 heteroatoms. The fourth-order valence-electron chi connectivity index (χ4n) is 2.55. The van der Waals surface area contributed by atoms with Crippen molar-refractivity contribution in [2.75, 3.05) is 12.4 Å². The zero-order chi connectivity index (χ0) is 12.8. The maximum absolute atomic E-state index is 11.8. The number of alkyl halides is 1. The predicted octanol–water partition coefficient (Wildman–Crippen LogP) is 3.13. The summed E-state index contributed by atoms with van der Waals surface area (Å²) < 4.78 is 5.20. The Labute approximate surface area is 113 Å². The third kappa shape index (κ3) is 3.52. The molecule has 1 aromatic rings. The minimum Gasteiger partial charge on any atom is -0.469 e. The van der Waals surface area contributed by atoms with E-state index in [2.05, 4.69) is 5.32 Å². The van der Waals surface area contributed by atoms with Gasteiger partial charge in [0.05, 0.1) is 6.26 Å². The summed E-state index contributed by atoms with van der Waals surface area (Å²) in [5.41, 5.74) is 0.141. The molecule has 0 spiro atoms. The van der Waals surface area contributed by atoms with E-state index in [-0.39, 0.29) is 11.3 Å². The number of amides is 1. The Balaban J connectivity index is 1.71. The molecule has 0 bridgehead atoms. The molecular weight excluding hydrogens is 250 g/mol. The number of rotatable bonds is 6. The van der Waals surface area contributed by atoms with Crippen LogP contribution in [0.4, 0.5) is 0 Å². The van der Waals surface area contributed by atoms with Crippen LogP contribution in [0.15, 0.2) is 22.8 Å². The maximum atomic E-state index is 11.8. The molecule has 0 unspecified atom stereocenters. The summed E-state index contributed by atoms with van der Waals surface area (Å²) in [6, 6.07) is 3.73. The van der Waals surface area contributed by atoms with Crippen LogP contribution in [0.25, 0.3) is 0 Å². The van der Waals surface area contributed by atoms with Crippen LogP contribution >= 0.6 is 11.6 Å². The number of carbonyl (C=O) groups excluding carboxylic acids is 1. The van der Waals surface area contributed by atoms with Crippen LogP contribution in [0.1, 0.15) is 37.9 Å². The summed E-state index contributed by atoms with van der Waals surface area (Å²) in [5, 5.41) is 3.01. The predicted molar refractivity (Wildman–Crippen MR) is 71.7 cm³/mol. The number of carbonyl (C=O) groups is 1. The molecule has 0 radical (unpaired) electrons. The standard InChI is InChI=1S/C14H20ClNO2/c15-10-14(7-1-2-8-14)11-16-13(17)6-5-12-4-3-9-18-12/h3-4,9H,1-2,5-8,10-11H2,(H,16,17). The largest absolute Gasteiger partial charge is 0.469 e. The highest BCUT2D eigenvalue weighted by atomic mass is 35.5. The molecule has 1 saturated carbocycles. The topological polar surface area (TPSA) is 42.2 Å². The van der Waals surface area contributed by atoms with Crippen molar-refractivity contribution >= 4 is 17.5 Å². The fourth-order valence-corrected chi connectivity index (χ4v) is 2.91. The van der Waals surface area contributed by atoms with Crippen LogP contribution < -0.4 is 5.32 Å². The smallest absolute Gasteiger partial charge is 0.220 e. The minimum absolute atomic E-state index is 0.0859. The first-order chi connectivity index (χ1) is 8.74. The Morgan fingerprint density at radius 3 is 2.83 bits per heavy atom. The highest BCUT2D eigenvalue weighted by molar-refractivity contribution is 6.18. The molecule has 100 valence electrons. The SMILES string of the molecule is O=C(CCc1ccco1)NCC1(CCl)CCCC1. The number of furan rings is 1. The van der Waals surface area contributed by atoms with E-state index < -0.39 is 0 Å². The monoisotopic (exact) mass is 269 g/mol. The Hall–Kier alpha value is -0.960. The van der Waals surface area contributed by atoms with Crippen molar-refractivity contribution in [3.05, 3.63) is 24.2 Å². The number of nitrogens with one attached hydrogen (secondary N) is 1. The maximum Gasteiger partial charge on any atom is 0.220 e. The summed E-state index contributed by atoms with van der Waals surface area (Å²) in [7, 11) is 0. The summed E-state index contributed by atoms with van der Waals surface area (Å²) >= 11 is 6.04. The van der Waals surface area contributed by atoms with Gasteiger partial charge in [-0.25, -0.2) is 0 Å². The van der Waals surface area contributed by atoms with Gasteiger partial charge in [0.25, 0.3) is 0 Å². The van der Waals surface area contributed by atoms with Crippen molar-refractivity contribution in [2.24, 2.45) is 5.41 Å². The van der Waals surface area contributed by atoms with E-state index in [4.69, 9.17) is 16.0 Å². The third-order valence-electron chi connectivity index (χ3n) is 3.79. The van der Waals surface area contributed by atoms with Crippen LogP contribution in [0.2, 0.25) is 0 Å². The molecule has 1 aliphatic rings. The zero-order valence-corrected chi connectivity index (χ0v) is 11.3. The Morgan fingerprint density at radius 2 is 2.22 bits per heavy atom. The molecule has 3 nitrogen and oxygen atoms in total. The highest BCUT2D eigenvalue weighted by Gasteiger charge is 2.33. The molecule has 1 amide bonds. The van der Waals surface area contributed by atoms with Gasteiger partial charge >= 0.3 is 0 Å². The van der Waals surface area contributed by atoms with E-state index in [9.17, 15) is 4.79 Å². The van der Waals surface area contributed by atoms with Crippen LogP contribution in [0.3, 0.4) is 0 Å². The van der Waals surface area contributed by atoms with Crippen LogP contribution in [-0.4, -0.2) is 18.3 Å². The van der Waals surface area contributed by atoms with Gasteiger partial charge in [-0.05, 0) is 25.0 Å². The first-order valence-electron chi connectivity index (χ1n) is 6.59. The van der Waals surface area contributed by atoms with Gasteiger partial charge in [-0.3, -0.25) is 4.79 Å². The van der Waals surface area contributed by atoms with Gasteiger partial charge in [0.15, 0.2) is 0 Å². The quantitative estimate of drug-likeness (QED) is 0.806. The number of aryl methyl sites for hydroxylation is 1. The van der Waals surface area contributed by atoms with Gasteiger partial charge in [-0.1, -0.05) is 12.8 Å². The van der Waals surface area contributed by atoms with E-state index in [1.54, 1.807) is 6.26 Å². The molecule has 2 rings (SSSR count). The van der Waals surface area contributed by atoms with Crippen LogP contribution in [-0.2, 0) is 11.2 Å². The van der Waals surface area contributed by atoms with Gasteiger partial charge in [-0.15, -0.1) is 11.6 Å². The van der Waals surface area contributed by atoms with E-state index in [0.29, 0.717) is 25.3 Å². The van der Waals surface area contributed by atoms with E-state index in [0.717, 1.165) is 18.6 Å². The summed E-state index contributed by atoms with van der Waals surface area (Å²) in [6.07, 6.45) is 7.50. The average molecular weight is 270 g/mol. The number of halogens is 1. The third-order valence-corrected chi connectivity index (χ3v) is 4.35. The van der Waals surface area contributed by atoms with Crippen molar-refractivity contribution in [3.63, 3.8) is 0 Å². The summed E-state index contributed by atoms with van der Waals surface area (Å²) in [6.45, 7) is 0.716. The molecule has 0 saturated heterocycles. The first-order valence-corrected chi connectivity index (χ1v) is 7.13. The molecule has 0 atom stereocenters. The Kier molecular flexibility index (Phi) is 4.70.